The highest BCUT2D eigenvalue weighted by Crippen LogP contribution is 2.18. The summed E-state index contributed by atoms with van der Waals surface area (Å²) in [5.74, 6) is 0.795. The van der Waals surface area contributed by atoms with E-state index < -0.39 is 0 Å². The molecule has 2 aromatic rings. The van der Waals surface area contributed by atoms with Crippen LogP contribution in [0, 0.1) is 0 Å². The van der Waals surface area contributed by atoms with Gasteiger partial charge in [-0.3, -0.25) is 14.6 Å². The standard InChI is InChI=1S/C24H35N7O/c1-20(2)29-16-18-30(19-17-29)22-6-4-21(5-7-22)23(32)25-10-11-28-12-14-31(15-13-28)24-26-8-3-9-27-24/h3-9,20H,10-19H2,1-2H3,(H,25,32). The second-order valence-corrected chi connectivity index (χ2v) is 8.80. The van der Waals surface area contributed by atoms with E-state index in [-0.39, 0.29) is 5.91 Å². The van der Waals surface area contributed by atoms with E-state index in [1.54, 1.807) is 12.4 Å². The van der Waals surface area contributed by atoms with Crippen LogP contribution in [0.25, 0.3) is 0 Å². The van der Waals surface area contributed by atoms with Gasteiger partial charge in [-0.1, -0.05) is 0 Å². The average molecular weight is 438 g/mol. The average Bonchev–Trinajstić information content (AvgIpc) is 2.85. The lowest BCUT2D eigenvalue weighted by atomic mass is 10.1. The van der Waals surface area contributed by atoms with Gasteiger partial charge in [0.25, 0.3) is 5.91 Å². The Balaban J connectivity index is 1.17. The van der Waals surface area contributed by atoms with Crippen molar-refractivity contribution < 1.29 is 4.79 Å². The van der Waals surface area contributed by atoms with Gasteiger partial charge in [-0.15, -0.1) is 0 Å². The summed E-state index contributed by atoms with van der Waals surface area (Å²) >= 11 is 0. The Morgan fingerprint density at radius 3 is 2.16 bits per heavy atom. The highest BCUT2D eigenvalue weighted by atomic mass is 16.1. The molecule has 2 aliphatic rings. The number of piperazine rings is 2. The molecule has 8 heteroatoms. The molecule has 2 aliphatic heterocycles. The van der Waals surface area contributed by atoms with Crippen LogP contribution < -0.4 is 15.1 Å². The molecule has 0 spiro atoms. The Labute approximate surface area is 191 Å². The first kappa shape index (κ1) is 22.5. The number of nitrogens with zero attached hydrogens (tertiary/aromatic N) is 6. The Kier molecular flexibility index (Phi) is 7.55. The normalized spacial score (nSPS) is 18.2. The fourth-order valence-electron chi connectivity index (χ4n) is 4.38. The lowest BCUT2D eigenvalue weighted by Crippen LogP contribution is -2.49. The molecular formula is C24H35N7O. The summed E-state index contributed by atoms with van der Waals surface area (Å²) in [5, 5.41) is 3.07. The number of benzene rings is 1. The third kappa shape index (κ3) is 5.75. The van der Waals surface area contributed by atoms with Crippen LogP contribution in [0.1, 0.15) is 24.2 Å². The molecule has 0 radical (unpaired) electrons. The predicted octanol–water partition coefficient (Wildman–Crippen LogP) is 1.56. The largest absolute Gasteiger partial charge is 0.369 e. The third-order valence-electron chi connectivity index (χ3n) is 6.46. The second kappa shape index (κ2) is 10.7. The molecule has 8 nitrogen and oxygen atoms in total. The number of anilines is 2. The first-order chi connectivity index (χ1) is 15.6. The lowest BCUT2D eigenvalue weighted by Gasteiger charge is -2.38. The molecule has 1 aromatic heterocycles. The zero-order valence-corrected chi connectivity index (χ0v) is 19.3. The van der Waals surface area contributed by atoms with Crippen molar-refractivity contribution in [1.82, 2.24) is 25.1 Å². The molecule has 32 heavy (non-hydrogen) atoms. The van der Waals surface area contributed by atoms with E-state index in [9.17, 15) is 4.79 Å². The van der Waals surface area contributed by atoms with Gasteiger partial charge in [-0.25, -0.2) is 9.97 Å². The van der Waals surface area contributed by atoms with Crippen LogP contribution in [-0.2, 0) is 0 Å². The Hall–Kier alpha value is -2.71. The molecule has 2 saturated heterocycles. The van der Waals surface area contributed by atoms with Gasteiger partial charge in [-0.05, 0) is 44.2 Å². The number of carbonyl (C=O) groups is 1. The first-order valence-electron chi connectivity index (χ1n) is 11.7. The van der Waals surface area contributed by atoms with E-state index in [1.807, 2.05) is 18.2 Å². The summed E-state index contributed by atoms with van der Waals surface area (Å²) < 4.78 is 0. The molecule has 0 atom stereocenters. The van der Waals surface area contributed by atoms with Crippen molar-refractivity contribution in [3.63, 3.8) is 0 Å². The smallest absolute Gasteiger partial charge is 0.251 e. The number of amides is 1. The summed E-state index contributed by atoms with van der Waals surface area (Å²) in [6.45, 7) is 14.0. The molecule has 0 saturated carbocycles. The summed E-state index contributed by atoms with van der Waals surface area (Å²) in [6.07, 6.45) is 3.56. The summed E-state index contributed by atoms with van der Waals surface area (Å²) in [5.41, 5.74) is 1.92. The SMILES string of the molecule is CC(C)N1CCN(c2ccc(C(=O)NCCN3CCN(c4ncccn4)CC3)cc2)CC1. The monoisotopic (exact) mass is 437 g/mol. The fraction of sp³-hybridized carbons (Fsp3) is 0.542. The van der Waals surface area contributed by atoms with Crippen molar-refractivity contribution in [2.45, 2.75) is 19.9 Å². The molecule has 172 valence electrons. The van der Waals surface area contributed by atoms with E-state index in [0.717, 1.165) is 70.4 Å². The van der Waals surface area contributed by atoms with Crippen molar-refractivity contribution in [2.75, 3.05) is 75.2 Å². The maximum absolute atomic E-state index is 12.6. The molecule has 0 aliphatic carbocycles. The molecule has 1 amide bonds. The number of carbonyl (C=O) groups excluding carboxylic acids is 1. The van der Waals surface area contributed by atoms with E-state index in [4.69, 9.17) is 0 Å². The quantitative estimate of drug-likeness (QED) is 0.705. The van der Waals surface area contributed by atoms with Crippen molar-refractivity contribution in [3.8, 4) is 0 Å². The van der Waals surface area contributed by atoms with Crippen molar-refractivity contribution >= 4 is 17.5 Å². The molecule has 3 heterocycles. The minimum atomic E-state index is -0.00232. The first-order valence-corrected chi connectivity index (χ1v) is 11.7. The zero-order valence-electron chi connectivity index (χ0n) is 19.3. The summed E-state index contributed by atoms with van der Waals surface area (Å²) in [4.78, 5) is 30.7. The Morgan fingerprint density at radius 1 is 0.906 bits per heavy atom. The van der Waals surface area contributed by atoms with Gasteiger partial charge in [0.05, 0.1) is 0 Å². The predicted molar refractivity (Wildman–Crippen MR) is 128 cm³/mol. The van der Waals surface area contributed by atoms with Crippen molar-refractivity contribution in [2.24, 2.45) is 0 Å². The van der Waals surface area contributed by atoms with Crippen LogP contribution in [0.3, 0.4) is 0 Å². The molecular weight excluding hydrogens is 402 g/mol. The van der Waals surface area contributed by atoms with E-state index in [1.165, 1.54) is 5.69 Å². The van der Waals surface area contributed by atoms with Gasteiger partial charge in [0.1, 0.15) is 0 Å². The van der Waals surface area contributed by atoms with E-state index in [0.29, 0.717) is 12.6 Å². The molecule has 2 fully saturated rings. The van der Waals surface area contributed by atoms with Crippen LogP contribution in [0.15, 0.2) is 42.7 Å². The minimum absolute atomic E-state index is 0.00232. The van der Waals surface area contributed by atoms with Gasteiger partial charge < -0.3 is 15.1 Å². The van der Waals surface area contributed by atoms with Crippen LogP contribution >= 0.6 is 0 Å². The highest BCUT2D eigenvalue weighted by molar-refractivity contribution is 5.94. The zero-order chi connectivity index (χ0) is 22.3. The van der Waals surface area contributed by atoms with Gasteiger partial charge in [0.2, 0.25) is 5.95 Å². The van der Waals surface area contributed by atoms with Crippen molar-refractivity contribution in [1.29, 1.82) is 0 Å². The third-order valence-corrected chi connectivity index (χ3v) is 6.46. The Bertz CT molecular complexity index is 842. The van der Waals surface area contributed by atoms with Gasteiger partial charge in [-0.2, -0.15) is 0 Å². The van der Waals surface area contributed by atoms with Crippen molar-refractivity contribution in [3.05, 3.63) is 48.3 Å². The molecule has 1 N–H and O–H groups in total. The molecule has 0 bridgehead atoms. The maximum atomic E-state index is 12.6. The Morgan fingerprint density at radius 2 is 1.53 bits per heavy atom. The molecule has 4 rings (SSSR count). The van der Waals surface area contributed by atoms with E-state index >= 15 is 0 Å². The van der Waals surface area contributed by atoms with Crippen LogP contribution in [0.2, 0.25) is 0 Å². The lowest BCUT2D eigenvalue weighted by molar-refractivity contribution is 0.0948. The summed E-state index contributed by atoms with van der Waals surface area (Å²) in [7, 11) is 0. The number of hydrogen-bond acceptors (Lipinski definition) is 7. The highest BCUT2D eigenvalue weighted by Gasteiger charge is 2.20. The van der Waals surface area contributed by atoms with Gasteiger partial charge >= 0.3 is 0 Å². The second-order valence-electron chi connectivity index (χ2n) is 8.80. The van der Waals surface area contributed by atoms with Gasteiger partial charge in [0.15, 0.2) is 0 Å². The van der Waals surface area contributed by atoms with Gasteiger partial charge in [0, 0.05) is 95.1 Å². The van der Waals surface area contributed by atoms with E-state index in [2.05, 4.69) is 60.9 Å². The minimum Gasteiger partial charge on any atom is -0.369 e. The van der Waals surface area contributed by atoms with Crippen LogP contribution in [0.4, 0.5) is 11.6 Å². The molecule has 1 aromatic carbocycles. The molecule has 0 unspecified atom stereocenters. The number of hydrogen-bond donors (Lipinski definition) is 1. The topological polar surface area (TPSA) is 67.8 Å². The van der Waals surface area contributed by atoms with Crippen LogP contribution in [-0.4, -0.2) is 97.2 Å². The number of rotatable bonds is 7. The van der Waals surface area contributed by atoms with Crippen LogP contribution in [0.5, 0.6) is 0 Å². The fourth-order valence-corrected chi connectivity index (χ4v) is 4.38. The maximum Gasteiger partial charge on any atom is 0.251 e. The summed E-state index contributed by atoms with van der Waals surface area (Å²) in [6, 6.07) is 10.5. The number of aromatic nitrogens is 2. The number of nitrogens with one attached hydrogen (secondary N) is 1.